The number of hydrogen-bond donors (Lipinski definition) is 4. The predicted molar refractivity (Wildman–Crippen MR) is 138 cm³/mol. The van der Waals surface area contributed by atoms with Crippen molar-refractivity contribution in [1.82, 2.24) is 19.8 Å². The van der Waals surface area contributed by atoms with Gasteiger partial charge in [0.1, 0.15) is 0 Å². The first-order valence-electron chi connectivity index (χ1n) is 11.8. The summed E-state index contributed by atoms with van der Waals surface area (Å²) in [6.45, 7) is 5.07. The molecule has 2 saturated heterocycles. The van der Waals surface area contributed by atoms with Gasteiger partial charge in [-0.2, -0.15) is 0 Å². The van der Waals surface area contributed by atoms with Crippen LogP contribution in [0.15, 0.2) is 30.3 Å². The van der Waals surface area contributed by atoms with Crippen molar-refractivity contribution in [2.75, 3.05) is 39.4 Å². The number of piperidine rings is 1. The monoisotopic (exact) mass is 492 g/mol. The van der Waals surface area contributed by atoms with Crippen LogP contribution in [0.2, 0.25) is 0 Å². The van der Waals surface area contributed by atoms with Crippen molar-refractivity contribution in [3.63, 3.8) is 0 Å². The van der Waals surface area contributed by atoms with Crippen LogP contribution < -0.4 is 21.1 Å². The van der Waals surface area contributed by atoms with Gasteiger partial charge in [0.15, 0.2) is 5.96 Å². The van der Waals surface area contributed by atoms with Gasteiger partial charge in [-0.25, -0.2) is 4.72 Å². The first-order chi connectivity index (χ1) is 15.9. The highest BCUT2D eigenvalue weighted by Crippen LogP contribution is 2.43. The maximum absolute atomic E-state index is 13.2. The summed E-state index contributed by atoms with van der Waals surface area (Å²) in [5.41, 5.74) is 5.55. The molecule has 8 nitrogen and oxygen atoms in total. The first-order valence-corrected chi connectivity index (χ1v) is 15.0. The van der Waals surface area contributed by atoms with Crippen molar-refractivity contribution in [2.24, 2.45) is 11.7 Å². The molecule has 2 atom stereocenters. The highest BCUT2D eigenvalue weighted by Gasteiger charge is 2.28. The lowest BCUT2D eigenvalue weighted by molar-refractivity contribution is -0.138. The van der Waals surface area contributed by atoms with Gasteiger partial charge in [-0.1, -0.05) is 43.2 Å². The van der Waals surface area contributed by atoms with Crippen LogP contribution in [-0.4, -0.2) is 73.0 Å². The summed E-state index contributed by atoms with van der Waals surface area (Å²) in [6, 6.07) is 10.1. The Morgan fingerprint density at radius 2 is 1.88 bits per heavy atom. The number of hydrogen-bond acceptors (Lipinski definition) is 5. The van der Waals surface area contributed by atoms with E-state index in [2.05, 4.69) is 28.8 Å². The summed E-state index contributed by atoms with van der Waals surface area (Å²) >= 11 is 1.65. The lowest BCUT2D eigenvalue weighted by atomic mass is 9.97. The van der Waals surface area contributed by atoms with Crippen molar-refractivity contribution in [1.29, 1.82) is 5.41 Å². The Hall–Kier alpha value is -1.83. The number of nitrogens with two attached hydrogens (primary N) is 1. The number of carbonyl (C=O) groups is 2. The minimum Gasteiger partial charge on any atom is -0.370 e. The second-order valence-corrected chi connectivity index (χ2v) is 12.9. The van der Waals surface area contributed by atoms with Crippen LogP contribution >= 0.6 is 18.7 Å². The number of carbonyl (C=O) groups excluding carboxylic acids is 2. The third kappa shape index (κ3) is 8.16. The van der Waals surface area contributed by atoms with Gasteiger partial charge in [0.2, 0.25) is 11.8 Å². The Balaban J connectivity index is 1.46. The number of rotatable bonds is 8. The Bertz CT molecular complexity index is 790. The van der Waals surface area contributed by atoms with Crippen LogP contribution in [0.25, 0.3) is 0 Å². The van der Waals surface area contributed by atoms with Gasteiger partial charge in [-0.05, 0) is 62.3 Å². The van der Waals surface area contributed by atoms with Crippen LogP contribution in [0, 0.1) is 11.3 Å². The Morgan fingerprint density at radius 3 is 2.58 bits per heavy atom. The fourth-order valence-corrected chi connectivity index (χ4v) is 6.99. The maximum Gasteiger partial charge on any atom is 0.241 e. The summed E-state index contributed by atoms with van der Waals surface area (Å²) in [4.78, 5) is 29.5. The summed E-state index contributed by atoms with van der Waals surface area (Å²) in [6.07, 6.45) is 5.66. The molecule has 0 radical (unpaired) electrons. The molecule has 2 aliphatic heterocycles. The normalized spacial score (nSPS) is 21.2. The third-order valence-electron chi connectivity index (χ3n) is 6.36. The highest BCUT2D eigenvalue weighted by atomic mass is 32.7. The lowest BCUT2D eigenvalue weighted by Crippen LogP contribution is -2.50. The average molecular weight is 493 g/mol. The van der Waals surface area contributed by atoms with E-state index < -0.39 is 7.12 Å². The molecule has 0 spiro atoms. The zero-order chi connectivity index (χ0) is 23.6. The Kier molecular flexibility index (Phi) is 10.3. The SMILES string of the molecule is CP(SNC1CCCCCN(CC(=O)NCC2CCN(C(=N)N)CC2)C1=O)c1ccccc1. The molecule has 2 heterocycles. The summed E-state index contributed by atoms with van der Waals surface area (Å²) < 4.78 is 3.43. The Labute approximate surface area is 202 Å². The molecule has 0 aliphatic carbocycles. The summed E-state index contributed by atoms with van der Waals surface area (Å²) in [7, 11) is -0.456. The van der Waals surface area contributed by atoms with Crippen LogP contribution in [0.5, 0.6) is 0 Å². The number of nitrogens with zero attached hydrogens (tertiary/aromatic N) is 2. The Morgan fingerprint density at radius 1 is 1.15 bits per heavy atom. The number of nitrogens with one attached hydrogen (secondary N) is 3. The van der Waals surface area contributed by atoms with Crippen LogP contribution in [0.1, 0.15) is 38.5 Å². The van der Waals surface area contributed by atoms with E-state index in [1.54, 1.807) is 16.5 Å². The fraction of sp³-hybridized carbons (Fsp3) is 0.609. The van der Waals surface area contributed by atoms with Crippen molar-refractivity contribution in [2.45, 2.75) is 44.6 Å². The number of amides is 2. The highest BCUT2D eigenvalue weighted by molar-refractivity contribution is 8.56. The van der Waals surface area contributed by atoms with Crippen LogP contribution in [-0.2, 0) is 9.59 Å². The second kappa shape index (κ2) is 13.2. The maximum atomic E-state index is 13.2. The number of guanidine groups is 1. The largest absolute Gasteiger partial charge is 0.370 e. The predicted octanol–water partition coefficient (Wildman–Crippen LogP) is 2.07. The molecule has 2 unspecified atom stereocenters. The fourth-order valence-electron chi connectivity index (χ4n) is 4.25. The molecule has 33 heavy (non-hydrogen) atoms. The molecule has 0 aromatic heterocycles. The van der Waals surface area contributed by atoms with E-state index >= 15 is 0 Å². The zero-order valence-electron chi connectivity index (χ0n) is 19.5. The molecule has 2 fully saturated rings. The molecule has 5 N–H and O–H groups in total. The molecule has 182 valence electrons. The van der Waals surface area contributed by atoms with E-state index in [-0.39, 0.29) is 30.4 Å². The lowest BCUT2D eigenvalue weighted by Gasteiger charge is -2.32. The van der Waals surface area contributed by atoms with E-state index in [1.807, 2.05) is 23.1 Å². The van der Waals surface area contributed by atoms with Crippen molar-refractivity contribution in [3.8, 4) is 0 Å². The van der Waals surface area contributed by atoms with Gasteiger partial charge in [-0.15, -0.1) is 0 Å². The molecule has 1 aromatic carbocycles. The van der Waals surface area contributed by atoms with E-state index in [0.717, 1.165) is 51.6 Å². The quantitative estimate of drug-likeness (QED) is 0.191. The standard InChI is InChI=1S/C23H37N6O2PS/c1-32(19-8-4-2-5-9-19)33-27-20-10-6-3-7-13-29(22(20)31)17-21(30)26-16-18-11-14-28(15-12-18)23(24)25/h2,4-5,8-9,18,20,27H,3,6-7,10-17H2,1H3,(H3,24,25)(H,26,30). The van der Waals surface area contributed by atoms with Gasteiger partial charge in [0.05, 0.1) is 12.6 Å². The molecule has 3 rings (SSSR count). The van der Waals surface area contributed by atoms with E-state index in [0.29, 0.717) is 19.0 Å². The van der Waals surface area contributed by atoms with Gasteiger partial charge in [0.25, 0.3) is 0 Å². The molecular formula is C23H37N6O2PS. The molecule has 2 amide bonds. The average Bonchev–Trinajstić information content (AvgIpc) is 2.82. The van der Waals surface area contributed by atoms with Crippen LogP contribution in [0.3, 0.4) is 0 Å². The number of benzene rings is 1. The minimum atomic E-state index is -0.456. The van der Waals surface area contributed by atoms with E-state index in [9.17, 15) is 9.59 Å². The second-order valence-electron chi connectivity index (χ2n) is 8.82. The van der Waals surface area contributed by atoms with Gasteiger partial charge in [-0.3, -0.25) is 15.0 Å². The molecule has 1 aromatic rings. The minimum absolute atomic E-state index is 0.0311. The van der Waals surface area contributed by atoms with Crippen LogP contribution in [0.4, 0.5) is 0 Å². The molecule has 0 bridgehead atoms. The van der Waals surface area contributed by atoms with E-state index in [1.165, 1.54) is 5.30 Å². The molecule has 2 aliphatic rings. The first kappa shape index (κ1) is 25.8. The number of likely N-dealkylation sites (tertiary alicyclic amines) is 2. The molecule has 0 saturated carbocycles. The van der Waals surface area contributed by atoms with Gasteiger partial charge >= 0.3 is 0 Å². The topological polar surface area (TPSA) is 115 Å². The summed E-state index contributed by atoms with van der Waals surface area (Å²) in [5.74, 6) is 0.448. The van der Waals surface area contributed by atoms with Crippen molar-refractivity contribution >= 4 is 41.8 Å². The van der Waals surface area contributed by atoms with Crippen molar-refractivity contribution in [3.05, 3.63) is 30.3 Å². The van der Waals surface area contributed by atoms with Gasteiger partial charge in [0, 0.05) is 26.2 Å². The summed E-state index contributed by atoms with van der Waals surface area (Å²) in [5, 5.41) is 11.8. The molecular weight excluding hydrogens is 455 g/mol. The van der Waals surface area contributed by atoms with Crippen molar-refractivity contribution < 1.29 is 9.59 Å². The molecule has 10 heteroatoms. The third-order valence-corrected chi connectivity index (χ3v) is 9.82. The zero-order valence-corrected chi connectivity index (χ0v) is 21.2. The van der Waals surface area contributed by atoms with E-state index in [4.69, 9.17) is 11.1 Å². The smallest absolute Gasteiger partial charge is 0.241 e. The van der Waals surface area contributed by atoms with Gasteiger partial charge < -0.3 is 20.9 Å².